The molecule has 4 aromatic rings. The lowest BCUT2D eigenvalue weighted by atomic mass is 10.2. The minimum atomic E-state index is 0.600. The van der Waals surface area contributed by atoms with Crippen LogP contribution in [0.15, 0.2) is 30.6 Å². The van der Waals surface area contributed by atoms with Gasteiger partial charge < -0.3 is 4.74 Å². The van der Waals surface area contributed by atoms with Crippen LogP contribution in [-0.2, 0) is 0 Å². The average molecular weight is 306 g/mol. The first-order valence-electron chi connectivity index (χ1n) is 7.17. The van der Waals surface area contributed by atoms with E-state index < -0.39 is 0 Å². The highest BCUT2D eigenvalue weighted by Crippen LogP contribution is 2.28. The van der Waals surface area contributed by atoms with Crippen LogP contribution in [0.4, 0.5) is 0 Å². The summed E-state index contributed by atoms with van der Waals surface area (Å²) in [4.78, 5) is 13.5. The zero-order valence-electron chi connectivity index (χ0n) is 13.0. The predicted molar refractivity (Wildman–Crippen MR) is 85.3 cm³/mol. The van der Waals surface area contributed by atoms with Gasteiger partial charge in [0.2, 0.25) is 0 Å². The number of hydrogen-bond acceptors (Lipinski definition) is 6. The average Bonchev–Trinajstić information content (AvgIpc) is 2.92. The smallest absolute Gasteiger partial charge is 0.184 e. The summed E-state index contributed by atoms with van der Waals surface area (Å²) in [7, 11) is 1.60. The standard InChI is InChI=1S/C16H14N6O/c1-9-11(5-4-7-17-9)15-19-10(2)14-21-20-13-12(23-3)6-8-18-16(13)22(14)15/h4-8H,1-3H3. The van der Waals surface area contributed by atoms with Gasteiger partial charge >= 0.3 is 0 Å². The van der Waals surface area contributed by atoms with Gasteiger partial charge in [-0.1, -0.05) is 0 Å². The van der Waals surface area contributed by atoms with Gasteiger partial charge in [-0.25, -0.2) is 9.97 Å². The number of hydrogen-bond donors (Lipinski definition) is 0. The van der Waals surface area contributed by atoms with Crippen LogP contribution in [0.2, 0.25) is 0 Å². The van der Waals surface area contributed by atoms with Crippen molar-refractivity contribution in [1.29, 1.82) is 0 Å². The molecule has 114 valence electrons. The third-order valence-corrected chi connectivity index (χ3v) is 3.81. The maximum atomic E-state index is 5.36. The molecule has 7 nitrogen and oxygen atoms in total. The SMILES string of the molecule is COc1ccnc2c1nnc1c(C)nc(-c3cccnc3C)n12. The van der Waals surface area contributed by atoms with Crippen LogP contribution in [0.25, 0.3) is 28.2 Å². The molecule has 0 amide bonds. The topological polar surface area (TPSA) is 78.1 Å². The molecule has 0 aromatic carbocycles. The second-order valence-electron chi connectivity index (χ2n) is 5.20. The summed E-state index contributed by atoms with van der Waals surface area (Å²) in [5, 5.41) is 8.56. The molecular formula is C16H14N6O. The first kappa shape index (κ1) is 13.6. The summed E-state index contributed by atoms with van der Waals surface area (Å²) in [6.07, 6.45) is 3.46. The Morgan fingerprint density at radius 2 is 1.83 bits per heavy atom. The maximum absolute atomic E-state index is 5.36. The Bertz CT molecular complexity index is 1040. The number of methoxy groups -OCH3 is 1. The molecule has 7 heteroatoms. The van der Waals surface area contributed by atoms with Crippen LogP contribution in [0.3, 0.4) is 0 Å². The summed E-state index contributed by atoms with van der Waals surface area (Å²) in [6.45, 7) is 3.86. The molecule has 4 rings (SSSR count). The van der Waals surface area contributed by atoms with Gasteiger partial charge in [-0.2, -0.15) is 0 Å². The number of ether oxygens (including phenoxy) is 1. The summed E-state index contributed by atoms with van der Waals surface area (Å²) in [5.41, 5.74) is 4.57. The fourth-order valence-corrected chi connectivity index (χ4v) is 2.69. The van der Waals surface area contributed by atoms with E-state index in [1.807, 2.05) is 30.4 Å². The maximum Gasteiger partial charge on any atom is 0.184 e. The summed E-state index contributed by atoms with van der Waals surface area (Å²) < 4.78 is 7.27. The highest BCUT2D eigenvalue weighted by molar-refractivity contribution is 5.82. The van der Waals surface area contributed by atoms with Gasteiger partial charge in [0, 0.05) is 29.7 Å². The van der Waals surface area contributed by atoms with Crippen molar-refractivity contribution in [2.45, 2.75) is 13.8 Å². The van der Waals surface area contributed by atoms with E-state index in [0.717, 1.165) is 22.8 Å². The largest absolute Gasteiger partial charge is 0.494 e. The van der Waals surface area contributed by atoms with Crippen LogP contribution < -0.4 is 4.74 Å². The van der Waals surface area contributed by atoms with Gasteiger partial charge in [-0.15, -0.1) is 10.2 Å². The van der Waals surface area contributed by atoms with Crippen molar-refractivity contribution in [1.82, 2.24) is 29.5 Å². The van der Waals surface area contributed by atoms with Gasteiger partial charge in [-0.3, -0.25) is 9.38 Å². The minimum absolute atomic E-state index is 0.600. The molecule has 23 heavy (non-hydrogen) atoms. The Morgan fingerprint density at radius 1 is 0.957 bits per heavy atom. The lowest BCUT2D eigenvalue weighted by Gasteiger charge is -2.07. The molecule has 0 aliphatic carbocycles. The van der Waals surface area contributed by atoms with E-state index in [0.29, 0.717) is 22.6 Å². The van der Waals surface area contributed by atoms with E-state index in [-0.39, 0.29) is 0 Å². The third-order valence-electron chi connectivity index (χ3n) is 3.81. The number of rotatable bonds is 2. The molecule has 0 saturated heterocycles. The highest BCUT2D eigenvalue weighted by Gasteiger charge is 2.18. The molecule has 0 unspecified atom stereocenters. The van der Waals surface area contributed by atoms with Gasteiger partial charge in [0.15, 0.2) is 22.6 Å². The summed E-state index contributed by atoms with van der Waals surface area (Å²) >= 11 is 0. The molecule has 4 heterocycles. The second-order valence-corrected chi connectivity index (χ2v) is 5.20. The van der Waals surface area contributed by atoms with Crippen molar-refractivity contribution in [3.63, 3.8) is 0 Å². The van der Waals surface area contributed by atoms with E-state index in [1.54, 1.807) is 25.6 Å². The fourth-order valence-electron chi connectivity index (χ4n) is 2.69. The zero-order chi connectivity index (χ0) is 16.0. The highest BCUT2D eigenvalue weighted by atomic mass is 16.5. The van der Waals surface area contributed by atoms with Gasteiger partial charge in [0.1, 0.15) is 5.82 Å². The lowest BCUT2D eigenvalue weighted by Crippen LogP contribution is -2.01. The molecule has 0 N–H and O–H groups in total. The molecule has 0 spiro atoms. The Hall–Kier alpha value is -3.09. The van der Waals surface area contributed by atoms with Gasteiger partial charge in [0.25, 0.3) is 0 Å². The van der Waals surface area contributed by atoms with Crippen LogP contribution in [-0.4, -0.2) is 36.7 Å². The second kappa shape index (κ2) is 4.98. The third kappa shape index (κ3) is 1.93. The van der Waals surface area contributed by atoms with Crippen molar-refractivity contribution >= 4 is 16.8 Å². The molecule has 0 radical (unpaired) electrons. The molecular weight excluding hydrogens is 292 g/mol. The number of aromatic nitrogens is 6. The first-order chi connectivity index (χ1) is 11.2. The number of imidazole rings is 1. The van der Waals surface area contributed by atoms with Crippen LogP contribution in [0.1, 0.15) is 11.4 Å². The Labute approximate surface area is 132 Å². The minimum Gasteiger partial charge on any atom is -0.494 e. The van der Waals surface area contributed by atoms with Crippen LogP contribution in [0.5, 0.6) is 5.75 Å². The monoisotopic (exact) mass is 306 g/mol. The number of nitrogens with zero attached hydrogens (tertiary/aromatic N) is 6. The molecule has 0 saturated carbocycles. The van der Waals surface area contributed by atoms with Crippen molar-refractivity contribution in [3.05, 3.63) is 42.0 Å². The molecule has 0 fully saturated rings. The van der Waals surface area contributed by atoms with E-state index in [2.05, 4.69) is 25.1 Å². The zero-order valence-corrected chi connectivity index (χ0v) is 13.0. The number of pyridine rings is 2. The van der Waals surface area contributed by atoms with E-state index >= 15 is 0 Å². The lowest BCUT2D eigenvalue weighted by molar-refractivity contribution is 0.418. The Balaban J connectivity index is 2.18. The predicted octanol–water partition coefficient (Wildman–Crippen LogP) is 2.36. The number of aryl methyl sites for hydroxylation is 2. The molecule has 4 aromatic heterocycles. The first-order valence-corrected chi connectivity index (χ1v) is 7.17. The summed E-state index contributed by atoms with van der Waals surface area (Å²) in [6, 6.07) is 5.65. The summed E-state index contributed by atoms with van der Waals surface area (Å²) in [5.74, 6) is 1.38. The van der Waals surface area contributed by atoms with E-state index in [1.165, 1.54) is 0 Å². The van der Waals surface area contributed by atoms with Crippen molar-refractivity contribution in [3.8, 4) is 17.1 Å². The van der Waals surface area contributed by atoms with Gasteiger partial charge in [-0.05, 0) is 26.0 Å². The van der Waals surface area contributed by atoms with Crippen molar-refractivity contribution in [2.75, 3.05) is 7.11 Å². The fraction of sp³-hybridized carbons (Fsp3) is 0.188. The molecule has 0 aliphatic heterocycles. The molecule has 0 atom stereocenters. The molecule has 0 bridgehead atoms. The van der Waals surface area contributed by atoms with Crippen LogP contribution in [0, 0.1) is 13.8 Å². The van der Waals surface area contributed by atoms with Crippen molar-refractivity contribution in [2.24, 2.45) is 0 Å². The number of fused-ring (bicyclic) bond motifs is 3. The Kier molecular flexibility index (Phi) is 2.94. The molecule has 0 aliphatic rings. The normalized spacial score (nSPS) is 11.3. The quantitative estimate of drug-likeness (QED) is 0.566. The van der Waals surface area contributed by atoms with Crippen molar-refractivity contribution < 1.29 is 4.74 Å². The van der Waals surface area contributed by atoms with E-state index in [4.69, 9.17) is 4.74 Å². The van der Waals surface area contributed by atoms with Crippen LogP contribution >= 0.6 is 0 Å². The van der Waals surface area contributed by atoms with Gasteiger partial charge in [0.05, 0.1) is 12.8 Å². The van der Waals surface area contributed by atoms with E-state index in [9.17, 15) is 0 Å². The Morgan fingerprint density at radius 3 is 2.61 bits per heavy atom.